The number of pyridine rings is 1. The molecule has 2 aromatic rings. The lowest BCUT2D eigenvalue weighted by Gasteiger charge is -2.32. The van der Waals surface area contributed by atoms with Crippen LogP contribution in [0, 0.1) is 11.8 Å². The first kappa shape index (κ1) is 20.0. The molecule has 2 saturated carbocycles. The van der Waals surface area contributed by atoms with Gasteiger partial charge in [0.1, 0.15) is 17.7 Å². The van der Waals surface area contributed by atoms with Gasteiger partial charge in [-0.1, -0.05) is 12.2 Å². The number of nitrogen functional groups attached to an aromatic ring is 1. The number of hydrogen-bond acceptors (Lipinski definition) is 7. The summed E-state index contributed by atoms with van der Waals surface area (Å²) in [6, 6.07) is 4.74. The molecule has 3 fully saturated rings. The molecule has 2 aliphatic heterocycles. The topological polar surface area (TPSA) is 80.4 Å². The molecule has 2 aromatic heterocycles. The van der Waals surface area contributed by atoms with Crippen LogP contribution in [0.15, 0.2) is 30.5 Å². The lowest BCUT2D eigenvalue weighted by atomic mass is 10.0. The fourth-order valence-electron chi connectivity index (χ4n) is 5.74. The molecule has 4 heterocycles. The Morgan fingerprint density at radius 2 is 1.91 bits per heavy atom. The molecule has 6 rings (SSSR count). The molecule has 4 aliphatic rings. The molecule has 2 aliphatic carbocycles. The van der Waals surface area contributed by atoms with Crippen LogP contribution in [0.3, 0.4) is 0 Å². The molecule has 1 saturated heterocycles. The fourth-order valence-corrected chi connectivity index (χ4v) is 5.74. The van der Waals surface area contributed by atoms with Gasteiger partial charge in [0.05, 0.1) is 5.69 Å². The Bertz CT molecular complexity index is 1020. The Balaban J connectivity index is 1.22. The summed E-state index contributed by atoms with van der Waals surface area (Å²) in [4.78, 5) is 18.7. The van der Waals surface area contributed by atoms with Crippen molar-refractivity contribution in [2.24, 2.45) is 11.8 Å². The third kappa shape index (κ3) is 4.06. The van der Waals surface area contributed by atoms with Crippen LogP contribution in [-0.4, -0.2) is 45.6 Å². The van der Waals surface area contributed by atoms with E-state index in [9.17, 15) is 0 Å². The molecule has 168 valence electrons. The summed E-state index contributed by atoms with van der Waals surface area (Å²) in [5, 5.41) is 0. The van der Waals surface area contributed by atoms with Crippen molar-refractivity contribution in [3.05, 3.63) is 47.3 Å². The first-order chi connectivity index (χ1) is 15.6. The summed E-state index contributed by atoms with van der Waals surface area (Å²) in [5.74, 6) is 3.12. The number of nitrogens with zero attached hydrogens (tertiary/aromatic N) is 5. The zero-order chi connectivity index (χ0) is 21.7. The van der Waals surface area contributed by atoms with E-state index in [4.69, 9.17) is 15.5 Å². The molecular weight excluding hydrogens is 400 g/mol. The second-order valence-electron chi connectivity index (χ2n) is 10.1. The van der Waals surface area contributed by atoms with E-state index in [0.717, 1.165) is 73.4 Å². The van der Waals surface area contributed by atoms with Crippen LogP contribution in [0.2, 0.25) is 0 Å². The molecular formula is C25H32N6O. The number of likely N-dealkylation sites (tertiary alicyclic amines) is 1. The number of nitrogens with two attached hydrogens (primary N) is 1. The molecule has 0 aromatic carbocycles. The smallest absolute Gasteiger partial charge is 0.320 e. The molecule has 0 bridgehead atoms. The minimum absolute atomic E-state index is 0.233. The van der Waals surface area contributed by atoms with Gasteiger partial charge in [0, 0.05) is 37.8 Å². The van der Waals surface area contributed by atoms with Crippen LogP contribution in [-0.2, 0) is 19.5 Å². The third-order valence-corrected chi connectivity index (χ3v) is 7.45. The van der Waals surface area contributed by atoms with Crippen LogP contribution >= 0.6 is 0 Å². The highest BCUT2D eigenvalue weighted by atomic mass is 16.5. The number of ether oxygens (including phenoxy) is 1. The van der Waals surface area contributed by atoms with Gasteiger partial charge in [0.25, 0.3) is 0 Å². The molecule has 7 nitrogen and oxygen atoms in total. The Labute approximate surface area is 189 Å². The van der Waals surface area contributed by atoms with E-state index in [1.165, 1.54) is 37.9 Å². The summed E-state index contributed by atoms with van der Waals surface area (Å²) in [5.41, 5.74) is 10.8. The normalized spacial score (nSPS) is 26.8. The molecule has 0 spiro atoms. The standard InChI is InChI=1S/C25H32N6O/c1-16-8-22-23(26)28-25(32-21-11-18-10-19(18)12-21)29-24(22)31(13-16)14-17-4-5-27-20(9-17)15-30-6-2-3-7-30/h4-5,9,18-19,21H,1-3,6-8,10-15H2,(H2,26,28,29)/t18-,19+,21?. The predicted molar refractivity (Wildman–Crippen MR) is 124 cm³/mol. The molecule has 2 N–H and O–H groups in total. The van der Waals surface area contributed by atoms with Crippen LogP contribution in [0.1, 0.15) is 48.9 Å². The van der Waals surface area contributed by atoms with E-state index in [0.29, 0.717) is 11.8 Å². The molecule has 0 amide bonds. The summed E-state index contributed by atoms with van der Waals surface area (Å²) in [6.07, 6.45) is 9.09. The van der Waals surface area contributed by atoms with Gasteiger partial charge >= 0.3 is 6.01 Å². The number of aromatic nitrogens is 3. The van der Waals surface area contributed by atoms with E-state index in [2.05, 4.69) is 38.5 Å². The second kappa shape index (κ2) is 8.03. The van der Waals surface area contributed by atoms with Crippen molar-refractivity contribution in [2.45, 2.75) is 57.7 Å². The maximum atomic E-state index is 6.37. The number of rotatable bonds is 6. The molecule has 32 heavy (non-hydrogen) atoms. The van der Waals surface area contributed by atoms with Gasteiger partial charge < -0.3 is 15.4 Å². The Hall–Kier alpha value is -2.67. The highest BCUT2D eigenvalue weighted by Crippen LogP contribution is 2.52. The lowest BCUT2D eigenvalue weighted by Crippen LogP contribution is -2.32. The third-order valence-electron chi connectivity index (χ3n) is 7.45. The van der Waals surface area contributed by atoms with Gasteiger partial charge in [0.2, 0.25) is 0 Å². The van der Waals surface area contributed by atoms with Crippen molar-refractivity contribution in [1.82, 2.24) is 19.9 Å². The lowest BCUT2D eigenvalue weighted by molar-refractivity contribution is 0.178. The quantitative estimate of drug-likeness (QED) is 0.701. The van der Waals surface area contributed by atoms with Crippen molar-refractivity contribution >= 4 is 11.6 Å². The number of fused-ring (bicyclic) bond motifs is 2. The number of anilines is 2. The van der Waals surface area contributed by atoms with Gasteiger partial charge in [-0.3, -0.25) is 9.88 Å². The Morgan fingerprint density at radius 3 is 2.72 bits per heavy atom. The molecule has 1 unspecified atom stereocenters. The second-order valence-corrected chi connectivity index (χ2v) is 10.1. The van der Waals surface area contributed by atoms with E-state index in [-0.39, 0.29) is 6.10 Å². The van der Waals surface area contributed by atoms with Crippen molar-refractivity contribution in [1.29, 1.82) is 0 Å². The van der Waals surface area contributed by atoms with E-state index < -0.39 is 0 Å². The summed E-state index contributed by atoms with van der Waals surface area (Å²) in [6.45, 7) is 9.02. The maximum absolute atomic E-state index is 6.37. The first-order valence-corrected chi connectivity index (χ1v) is 12.0. The van der Waals surface area contributed by atoms with Crippen LogP contribution < -0.4 is 15.4 Å². The zero-order valence-corrected chi connectivity index (χ0v) is 18.7. The van der Waals surface area contributed by atoms with Crippen molar-refractivity contribution in [2.75, 3.05) is 30.3 Å². The van der Waals surface area contributed by atoms with Crippen LogP contribution in [0.4, 0.5) is 11.6 Å². The van der Waals surface area contributed by atoms with Crippen LogP contribution in [0.25, 0.3) is 0 Å². The number of hydrogen-bond donors (Lipinski definition) is 1. The van der Waals surface area contributed by atoms with E-state index in [1.807, 2.05) is 6.20 Å². The largest absolute Gasteiger partial charge is 0.460 e. The summed E-state index contributed by atoms with van der Waals surface area (Å²) in [7, 11) is 0. The van der Waals surface area contributed by atoms with Gasteiger partial charge in [0.15, 0.2) is 0 Å². The first-order valence-electron chi connectivity index (χ1n) is 12.0. The van der Waals surface area contributed by atoms with Gasteiger partial charge in [-0.25, -0.2) is 0 Å². The average molecular weight is 433 g/mol. The maximum Gasteiger partial charge on any atom is 0.320 e. The highest BCUT2D eigenvalue weighted by molar-refractivity contribution is 5.62. The van der Waals surface area contributed by atoms with Gasteiger partial charge in [-0.05, 0) is 74.7 Å². The van der Waals surface area contributed by atoms with Crippen molar-refractivity contribution < 1.29 is 4.74 Å². The summed E-state index contributed by atoms with van der Waals surface area (Å²) >= 11 is 0. The van der Waals surface area contributed by atoms with E-state index in [1.54, 1.807) is 0 Å². The Kier molecular flexibility index (Phi) is 5.01. The fraction of sp³-hybridized carbons (Fsp3) is 0.560. The Morgan fingerprint density at radius 1 is 1.09 bits per heavy atom. The average Bonchev–Trinajstić information content (AvgIpc) is 3.11. The molecule has 7 heteroatoms. The minimum Gasteiger partial charge on any atom is -0.460 e. The van der Waals surface area contributed by atoms with Crippen molar-refractivity contribution in [3.63, 3.8) is 0 Å². The monoisotopic (exact) mass is 432 g/mol. The van der Waals surface area contributed by atoms with Gasteiger partial charge in [-0.15, -0.1) is 0 Å². The summed E-state index contributed by atoms with van der Waals surface area (Å²) < 4.78 is 6.18. The minimum atomic E-state index is 0.233. The highest BCUT2D eigenvalue weighted by Gasteiger charge is 2.47. The SMILES string of the molecule is C=C1Cc2c(N)nc(OC3C[C@@H]4C[C@@H]4C3)nc2N(Cc2ccnc(CN3CCCC3)c2)C1. The van der Waals surface area contributed by atoms with Crippen LogP contribution in [0.5, 0.6) is 6.01 Å². The van der Waals surface area contributed by atoms with Gasteiger partial charge in [-0.2, -0.15) is 9.97 Å². The molecule has 0 radical (unpaired) electrons. The van der Waals surface area contributed by atoms with E-state index >= 15 is 0 Å². The zero-order valence-electron chi connectivity index (χ0n) is 18.7. The van der Waals surface area contributed by atoms with Crippen molar-refractivity contribution in [3.8, 4) is 6.01 Å². The predicted octanol–water partition coefficient (Wildman–Crippen LogP) is 3.35. The molecule has 3 atom stereocenters.